The molecule has 0 spiro atoms. The summed E-state index contributed by atoms with van der Waals surface area (Å²) in [4.78, 5) is 24.9. The number of piperidine rings is 1. The van der Waals surface area contributed by atoms with Crippen molar-refractivity contribution in [2.24, 2.45) is 0 Å². The first-order valence-corrected chi connectivity index (χ1v) is 12.2. The highest BCUT2D eigenvalue weighted by Crippen LogP contribution is 2.32. The predicted octanol–water partition coefficient (Wildman–Crippen LogP) is 5.18. The third-order valence-corrected chi connectivity index (χ3v) is 7.14. The van der Waals surface area contributed by atoms with Crippen molar-refractivity contribution in [3.63, 3.8) is 0 Å². The first kappa shape index (κ1) is 22.4. The lowest BCUT2D eigenvalue weighted by Gasteiger charge is -2.38. The number of carbonyl (C=O) groups is 1. The third kappa shape index (κ3) is 4.62. The summed E-state index contributed by atoms with van der Waals surface area (Å²) in [5, 5.41) is 12.2. The van der Waals surface area contributed by atoms with Gasteiger partial charge in [0.15, 0.2) is 0 Å². The second kappa shape index (κ2) is 9.44. The first-order valence-electron chi connectivity index (χ1n) is 11.3. The van der Waals surface area contributed by atoms with E-state index in [4.69, 9.17) is 0 Å². The Kier molecular flexibility index (Phi) is 6.22. The Hall–Kier alpha value is -3.42. The van der Waals surface area contributed by atoms with Crippen LogP contribution in [0, 0.1) is 6.92 Å². The van der Waals surface area contributed by atoms with Crippen LogP contribution < -0.4 is 4.72 Å². The van der Waals surface area contributed by atoms with E-state index < -0.39 is 5.60 Å². The molecule has 0 radical (unpaired) electrons. The van der Waals surface area contributed by atoms with Gasteiger partial charge < -0.3 is 14.7 Å². The van der Waals surface area contributed by atoms with Gasteiger partial charge in [0.05, 0.1) is 16.1 Å². The quantitative estimate of drug-likeness (QED) is 0.391. The molecule has 1 saturated heterocycles. The molecule has 2 N–H and O–H groups in total. The molecule has 3 heterocycles. The topological polar surface area (TPSA) is 78.4 Å². The number of aryl methyl sites for hydroxylation is 1. The molecular weight excluding hydrogens is 444 g/mol. The summed E-state index contributed by atoms with van der Waals surface area (Å²) >= 11 is 1.50. The van der Waals surface area contributed by atoms with Crippen LogP contribution in [0.15, 0.2) is 83.9 Å². The summed E-state index contributed by atoms with van der Waals surface area (Å²) < 4.78 is 3.34. The van der Waals surface area contributed by atoms with E-state index in [9.17, 15) is 9.90 Å². The van der Waals surface area contributed by atoms with Crippen molar-refractivity contribution in [1.29, 1.82) is 0 Å². The monoisotopic (exact) mass is 470 g/mol. The molecule has 1 aliphatic heterocycles. The predicted molar refractivity (Wildman–Crippen MR) is 136 cm³/mol. The maximum Gasteiger partial charge on any atom is 0.253 e. The van der Waals surface area contributed by atoms with E-state index in [1.54, 1.807) is 6.20 Å². The van der Waals surface area contributed by atoms with Crippen molar-refractivity contribution in [2.45, 2.75) is 30.3 Å². The summed E-state index contributed by atoms with van der Waals surface area (Å²) in [6.45, 7) is 2.91. The molecule has 2 aromatic heterocycles. The maximum atomic E-state index is 13.0. The Balaban J connectivity index is 1.20. The number of carbonyl (C=O) groups excluding carboxylic acids is 1. The number of amides is 1. The van der Waals surface area contributed by atoms with Crippen molar-refractivity contribution in [3.05, 3.63) is 95.9 Å². The molecule has 6 nitrogen and oxygen atoms in total. The molecule has 5 rings (SSSR count). The minimum atomic E-state index is -0.982. The number of para-hydroxylation sites is 1. The molecule has 4 aromatic rings. The highest BCUT2D eigenvalue weighted by Gasteiger charge is 2.36. The molecule has 0 unspecified atom stereocenters. The van der Waals surface area contributed by atoms with Crippen LogP contribution >= 0.6 is 11.9 Å². The zero-order chi connectivity index (χ0) is 23.5. The normalized spacial score (nSPS) is 15.3. The highest BCUT2D eigenvalue weighted by atomic mass is 32.2. The molecule has 7 heteroatoms. The lowest BCUT2D eigenvalue weighted by molar-refractivity contribution is -0.0245. The van der Waals surface area contributed by atoms with Crippen LogP contribution in [0.25, 0.3) is 10.9 Å². The SMILES string of the molecule is Cc1cccc(C2(O)CCN(C(=O)c3ccc(NSc4cccc5cccnc45)cc3)CC2)n1. The molecular formula is C27H26N4O2S. The van der Waals surface area contributed by atoms with Crippen molar-refractivity contribution < 1.29 is 9.90 Å². The average molecular weight is 471 g/mol. The Morgan fingerprint density at radius 1 is 1.00 bits per heavy atom. The molecule has 0 aliphatic carbocycles. The molecule has 1 aliphatic rings. The van der Waals surface area contributed by atoms with Crippen LogP contribution in [0.5, 0.6) is 0 Å². The second-order valence-corrected chi connectivity index (χ2v) is 9.45. The molecule has 1 fully saturated rings. The fraction of sp³-hybridized carbons (Fsp3) is 0.222. The summed E-state index contributed by atoms with van der Waals surface area (Å²) in [6.07, 6.45) is 2.75. The molecule has 0 bridgehead atoms. The van der Waals surface area contributed by atoms with Gasteiger partial charge in [0.2, 0.25) is 0 Å². The van der Waals surface area contributed by atoms with Gasteiger partial charge in [-0.05, 0) is 80.2 Å². The average Bonchev–Trinajstić information content (AvgIpc) is 2.88. The number of nitrogens with zero attached hydrogens (tertiary/aromatic N) is 3. The van der Waals surface area contributed by atoms with Crippen molar-refractivity contribution in [3.8, 4) is 0 Å². The van der Waals surface area contributed by atoms with Gasteiger partial charge in [0, 0.05) is 41.6 Å². The van der Waals surface area contributed by atoms with Gasteiger partial charge in [-0.2, -0.15) is 0 Å². The largest absolute Gasteiger partial charge is 0.383 e. The number of likely N-dealkylation sites (tertiary alicyclic amines) is 1. The van der Waals surface area contributed by atoms with Gasteiger partial charge >= 0.3 is 0 Å². The zero-order valence-electron chi connectivity index (χ0n) is 18.9. The van der Waals surface area contributed by atoms with Gasteiger partial charge in [0.25, 0.3) is 5.91 Å². The maximum absolute atomic E-state index is 13.0. The summed E-state index contributed by atoms with van der Waals surface area (Å²) in [5.41, 5.74) is 3.10. The minimum Gasteiger partial charge on any atom is -0.383 e. The van der Waals surface area contributed by atoms with Crippen LogP contribution in [-0.2, 0) is 5.60 Å². The fourth-order valence-electron chi connectivity index (χ4n) is 4.27. The lowest BCUT2D eigenvalue weighted by Crippen LogP contribution is -2.45. The standard InChI is InChI=1S/C27H26N4O2S/c1-19-5-2-9-24(29-19)27(33)14-17-31(18-15-27)26(32)21-10-12-22(13-11-21)30-34-23-8-3-6-20-7-4-16-28-25(20)23/h2-13,16,30,33H,14-15,17-18H2,1H3. The number of nitrogens with one attached hydrogen (secondary N) is 1. The van der Waals surface area contributed by atoms with Crippen molar-refractivity contribution >= 4 is 34.4 Å². The molecule has 1 amide bonds. The van der Waals surface area contributed by atoms with E-state index in [2.05, 4.69) is 14.7 Å². The molecule has 2 aromatic carbocycles. The lowest BCUT2D eigenvalue weighted by atomic mass is 9.87. The van der Waals surface area contributed by atoms with Gasteiger partial charge in [-0.25, -0.2) is 0 Å². The van der Waals surface area contributed by atoms with Crippen molar-refractivity contribution in [2.75, 3.05) is 17.8 Å². The van der Waals surface area contributed by atoms with Gasteiger partial charge in [0.1, 0.15) is 5.60 Å². The van der Waals surface area contributed by atoms with Crippen molar-refractivity contribution in [1.82, 2.24) is 14.9 Å². The second-order valence-electron chi connectivity index (χ2n) is 8.60. The Labute approximate surface area is 203 Å². The Bertz CT molecular complexity index is 1310. The molecule has 0 saturated carbocycles. The fourth-order valence-corrected chi connectivity index (χ4v) is 5.05. The summed E-state index contributed by atoms with van der Waals surface area (Å²) in [7, 11) is 0. The molecule has 34 heavy (non-hydrogen) atoms. The number of benzene rings is 2. The summed E-state index contributed by atoms with van der Waals surface area (Å²) in [6, 6.07) is 23.3. The Morgan fingerprint density at radius 3 is 2.50 bits per heavy atom. The van der Waals surface area contributed by atoms with Gasteiger partial charge in [-0.15, -0.1) is 0 Å². The number of hydrogen-bond donors (Lipinski definition) is 2. The zero-order valence-corrected chi connectivity index (χ0v) is 19.8. The molecule has 0 atom stereocenters. The summed E-state index contributed by atoms with van der Waals surface area (Å²) in [5.74, 6) is -0.0169. The number of anilines is 1. The first-order chi connectivity index (χ1) is 16.5. The van der Waals surface area contributed by atoms with E-state index in [1.165, 1.54) is 11.9 Å². The van der Waals surface area contributed by atoms with E-state index in [1.807, 2.05) is 84.6 Å². The van der Waals surface area contributed by atoms with Crippen LogP contribution in [0.1, 0.15) is 34.6 Å². The number of pyridine rings is 2. The smallest absolute Gasteiger partial charge is 0.253 e. The minimum absolute atomic E-state index is 0.0169. The Morgan fingerprint density at radius 2 is 1.74 bits per heavy atom. The number of hydrogen-bond acceptors (Lipinski definition) is 6. The van der Waals surface area contributed by atoms with E-state index in [0.29, 0.717) is 37.2 Å². The van der Waals surface area contributed by atoms with Crippen LogP contribution in [0.4, 0.5) is 5.69 Å². The third-order valence-electron chi connectivity index (χ3n) is 6.25. The number of aliphatic hydroxyl groups is 1. The number of aromatic nitrogens is 2. The van der Waals surface area contributed by atoms with Crippen LogP contribution in [0.2, 0.25) is 0 Å². The van der Waals surface area contributed by atoms with E-state index in [0.717, 1.165) is 27.2 Å². The van der Waals surface area contributed by atoms with E-state index >= 15 is 0 Å². The van der Waals surface area contributed by atoms with Gasteiger partial charge in [-0.1, -0.05) is 24.3 Å². The number of fused-ring (bicyclic) bond motifs is 1. The van der Waals surface area contributed by atoms with E-state index in [-0.39, 0.29) is 5.91 Å². The van der Waals surface area contributed by atoms with Crippen LogP contribution in [-0.4, -0.2) is 39.0 Å². The highest BCUT2D eigenvalue weighted by molar-refractivity contribution is 8.00. The number of rotatable bonds is 5. The van der Waals surface area contributed by atoms with Gasteiger partial charge in [-0.3, -0.25) is 14.8 Å². The molecule has 172 valence electrons. The van der Waals surface area contributed by atoms with Crippen LogP contribution in [0.3, 0.4) is 0 Å².